The first-order valence-corrected chi connectivity index (χ1v) is 9.40. The largest absolute Gasteiger partial charge is 1.00 e. The van der Waals surface area contributed by atoms with E-state index in [1.807, 2.05) is 6.07 Å². The third-order valence-corrected chi connectivity index (χ3v) is 4.57. The van der Waals surface area contributed by atoms with Crippen LogP contribution in [0.5, 0.6) is 17.2 Å². The van der Waals surface area contributed by atoms with Crippen LogP contribution in [0, 0.1) is 0 Å². The van der Waals surface area contributed by atoms with E-state index < -0.39 is 10.1 Å². The van der Waals surface area contributed by atoms with Gasteiger partial charge in [-0.15, -0.1) is 0 Å². The van der Waals surface area contributed by atoms with Crippen molar-refractivity contribution in [1.29, 1.82) is 0 Å². The molecule has 7 heteroatoms. The molecule has 0 amide bonds. The molecule has 0 unspecified atom stereocenters. The monoisotopic (exact) mass is 372 g/mol. The van der Waals surface area contributed by atoms with E-state index in [0.29, 0.717) is 5.75 Å². The van der Waals surface area contributed by atoms with Crippen molar-refractivity contribution in [3.05, 3.63) is 48.0 Å². The summed E-state index contributed by atoms with van der Waals surface area (Å²) in [6, 6.07) is 10.3. The van der Waals surface area contributed by atoms with Crippen molar-refractivity contribution in [2.24, 2.45) is 0 Å². The summed E-state index contributed by atoms with van der Waals surface area (Å²) >= 11 is 0. The molecule has 0 spiro atoms. The number of para-hydroxylation sites is 1. The van der Waals surface area contributed by atoms with Crippen molar-refractivity contribution < 1.29 is 52.4 Å². The average Bonchev–Trinajstić information content (AvgIpc) is 2.54. The van der Waals surface area contributed by atoms with Crippen molar-refractivity contribution in [1.82, 2.24) is 0 Å². The molecular weight excluding hydrogens is 351 g/mol. The van der Waals surface area contributed by atoms with Gasteiger partial charge in [0.05, 0.1) is 4.90 Å². The molecule has 0 saturated heterocycles. The number of benzene rings is 2. The number of rotatable bonds is 8. The minimum absolute atomic E-state index is 0. The third kappa shape index (κ3) is 6.64. The molecule has 130 valence electrons. The predicted octanol–water partition coefficient (Wildman–Crippen LogP) is 0.926. The molecule has 0 atom stereocenters. The molecule has 0 heterocycles. The van der Waals surface area contributed by atoms with E-state index in [4.69, 9.17) is 9.29 Å². The van der Waals surface area contributed by atoms with Crippen LogP contribution < -0.4 is 39.4 Å². The summed E-state index contributed by atoms with van der Waals surface area (Å²) in [6.07, 6.45) is 5.14. The molecule has 0 fully saturated rings. The Kier molecular flexibility index (Phi) is 8.96. The number of unbranched alkanes of at least 4 members (excludes halogenated alkanes) is 3. The molecule has 0 aromatic heterocycles. The Morgan fingerprint density at radius 1 is 1.04 bits per heavy atom. The van der Waals surface area contributed by atoms with Gasteiger partial charge < -0.3 is 9.84 Å². The second kappa shape index (κ2) is 10.2. The first-order chi connectivity index (χ1) is 11.4. The summed E-state index contributed by atoms with van der Waals surface area (Å²) in [5.74, 6) is 0.413. The minimum atomic E-state index is -4.24. The SMILES string of the molecule is CCCCCCc1cccc([O-])c1Oc1ccc(S(=O)(=O)O)cc1.[Na+]. The van der Waals surface area contributed by atoms with Gasteiger partial charge in [-0.3, -0.25) is 4.55 Å². The van der Waals surface area contributed by atoms with Gasteiger partial charge in [-0.2, -0.15) is 8.42 Å². The van der Waals surface area contributed by atoms with E-state index in [1.54, 1.807) is 6.07 Å². The zero-order valence-electron chi connectivity index (χ0n) is 14.6. The van der Waals surface area contributed by atoms with Crippen LogP contribution >= 0.6 is 0 Å². The molecule has 2 aromatic carbocycles. The van der Waals surface area contributed by atoms with Gasteiger partial charge in [0.25, 0.3) is 10.1 Å². The van der Waals surface area contributed by atoms with E-state index in [2.05, 4.69) is 6.92 Å². The maximum Gasteiger partial charge on any atom is 1.00 e. The maximum atomic E-state index is 12.1. The molecule has 2 rings (SSSR count). The summed E-state index contributed by atoms with van der Waals surface area (Å²) in [5.41, 5.74) is 0.845. The summed E-state index contributed by atoms with van der Waals surface area (Å²) in [4.78, 5) is -0.218. The molecule has 5 nitrogen and oxygen atoms in total. The van der Waals surface area contributed by atoms with E-state index in [1.165, 1.54) is 30.3 Å². The van der Waals surface area contributed by atoms with Crippen LogP contribution in [0.2, 0.25) is 0 Å². The second-order valence-electron chi connectivity index (χ2n) is 5.60. The number of aryl methyl sites for hydroxylation is 1. The van der Waals surface area contributed by atoms with Crippen molar-refractivity contribution >= 4 is 10.1 Å². The average molecular weight is 372 g/mol. The first-order valence-electron chi connectivity index (χ1n) is 7.96. The number of ether oxygens (including phenoxy) is 1. The predicted molar refractivity (Wildman–Crippen MR) is 90.1 cm³/mol. The first kappa shape index (κ1) is 22.0. The Morgan fingerprint density at radius 3 is 2.32 bits per heavy atom. The molecular formula is C18H21NaO5S. The van der Waals surface area contributed by atoms with Gasteiger partial charge >= 0.3 is 29.6 Å². The molecule has 0 bridgehead atoms. The fourth-order valence-electron chi connectivity index (χ4n) is 2.41. The van der Waals surface area contributed by atoms with Crippen LogP contribution in [0.4, 0.5) is 0 Å². The van der Waals surface area contributed by atoms with Crippen molar-refractivity contribution in [2.45, 2.75) is 43.9 Å². The minimum Gasteiger partial charge on any atom is -0.870 e. The standard InChI is InChI=1S/C18H22O5S.Na/c1-2-3-4-5-7-14-8-6-9-17(19)18(14)23-15-10-12-16(13-11-15)24(20,21)22;/h6,8-13,19H,2-5,7H2,1H3,(H,20,21,22);/q;+1/p-1. The molecule has 0 aliphatic heterocycles. The topological polar surface area (TPSA) is 86.7 Å². The zero-order chi connectivity index (χ0) is 17.6. The summed E-state index contributed by atoms with van der Waals surface area (Å²) in [5, 5.41) is 12.1. The van der Waals surface area contributed by atoms with Gasteiger partial charge in [-0.1, -0.05) is 50.1 Å². The molecule has 25 heavy (non-hydrogen) atoms. The fourth-order valence-corrected chi connectivity index (χ4v) is 2.89. The maximum absolute atomic E-state index is 12.1. The van der Waals surface area contributed by atoms with Gasteiger partial charge in [0, 0.05) is 0 Å². The van der Waals surface area contributed by atoms with Crippen molar-refractivity contribution in [3.8, 4) is 17.2 Å². The number of hydrogen-bond acceptors (Lipinski definition) is 4. The Morgan fingerprint density at radius 2 is 1.72 bits per heavy atom. The van der Waals surface area contributed by atoms with E-state index in [0.717, 1.165) is 37.7 Å². The molecule has 2 aromatic rings. The molecule has 0 aliphatic rings. The normalized spacial score (nSPS) is 11.0. The Hall–Kier alpha value is -1.05. The summed E-state index contributed by atoms with van der Waals surface area (Å²) in [7, 11) is -4.24. The fraction of sp³-hybridized carbons (Fsp3) is 0.333. The van der Waals surface area contributed by atoms with Crippen molar-refractivity contribution in [3.63, 3.8) is 0 Å². The van der Waals surface area contributed by atoms with Crippen LogP contribution in [0.25, 0.3) is 0 Å². The Balaban J connectivity index is 0.00000312. The van der Waals surface area contributed by atoms with E-state index in [9.17, 15) is 13.5 Å². The Labute approximate surface area is 171 Å². The third-order valence-electron chi connectivity index (χ3n) is 3.70. The van der Waals surface area contributed by atoms with Crippen LogP contribution in [0.15, 0.2) is 47.4 Å². The molecule has 0 radical (unpaired) electrons. The smallest absolute Gasteiger partial charge is 0.870 e. The number of hydrogen-bond donors (Lipinski definition) is 1. The van der Waals surface area contributed by atoms with Crippen molar-refractivity contribution in [2.75, 3.05) is 0 Å². The van der Waals surface area contributed by atoms with Gasteiger partial charge in [0.15, 0.2) is 0 Å². The second-order valence-corrected chi connectivity index (χ2v) is 7.03. The van der Waals surface area contributed by atoms with Gasteiger partial charge in [0.2, 0.25) is 0 Å². The van der Waals surface area contributed by atoms with Crippen LogP contribution in [0.1, 0.15) is 38.2 Å². The summed E-state index contributed by atoms with van der Waals surface area (Å²) in [6.45, 7) is 2.14. The van der Waals surface area contributed by atoms with E-state index in [-0.39, 0.29) is 46.0 Å². The zero-order valence-corrected chi connectivity index (χ0v) is 17.4. The molecule has 1 N–H and O–H groups in total. The van der Waals surface area contributed by atoms with E-state index >= 15 is 0 Å². The molecule has 0 aliphatic carbocycles. The van der Waals surface area contributed by atoms with Gasteiger partial charge in [-0.05, 0) is 42.7 Å². The van der Waals surface area contributed by atoms with Gasteiger partial charge in [0.1, 0.15) is 11.5 Å². The molecule has 0 saturated carbocycles. The Bertz CT molecular complexity index is 773. The van der Waals surface area contributed by atoms with Crippen LogP contribution in [-0.2, 0) is 16.5 Å². The van der Waals surface area contributed by atoms with Gasteiger partial charge in [-0.25, -0.2) is 0 Å². The quantitative estimate of drug-likeness (QED) is 0.423. The van der Waals surface area contributed by atoms with Crippen LogP contribution in [-0.4, -0.2) is 13.0 Å². The summed E-state index contributed by atoms with van der Waals surface area (Å²) < 4.78 is 36.7. The van der Waals surface area contributed by atoms with Crippen LogP contribution in [0.3, 0.4) is 0 Å².